The van der Waals surface area contributed by atoms with Gasteiger partial charge in [0.2, 0.25) is 7.59 Å². The molecule has 0 saturated carbocycles. The van der Waals surface area contributed by atoms with Gasteiger partial charge in [0.15, 0.2) is 0 Å². The van der Waals surface area contributed by atoms with Crippen LogP contribution in [0.15, 0.2) is 0 Å². The minimum atomic E-state index is -3.75. The molecular formula is C16H32Cl6N4O6P2. The van der Waals surface area contributed by atoms with Gasteiger partial charge >= 0.3 is 15.5 Å². The molecule has 1 rings (SSSR count). The Kier molecular flexibility index (Phi) is 14.8. The zero-order valence-corrected chi connectivity index (χ0v) is 25.6. The van der Waals surface area contributed by atoms with Gasteiger partial charge in [-0.25, -0.2) is 19.3 Å². The summed E-state index contributed by atoms with van der Waals surface area (Å²) in [6.45, 7) is 8.39. The standard InChI is InChI=1S/C16H32Cl6N4O6P2/c1-5-29-33(27,30-6-2)23-13(15(17,18)19)25-9-11-26(12-10-25)14(16(20,21)22)24-34(28,31-7-3)32-8-4/h13-14H,5-12H2,1-4H3,(H,23,27)(H,24,28). The van der Waals surface area contributed by atoms with Gasteiger partial charge in [0, 0.05) is 26.2 Å². The lowest BCUT2D eigenvalue weighted by atomic mass is 10.3. The molecule has 0 amide bonds. The van der Waals surface area contributed by atoms with Gasteiger partial charge in [-0.15, -0.1) is 0 Å². The van der Waals surface area contributed by atoms with Crippen LogP contribution in [0.4, 0.5) is 0 Å². The van der Waals surface area contributed by atoms with Crippen molar-refractivity contribution in [1.82, 2.24) is 20.0 Å². The SMILES string of the molecule is CCOP(=O)(NC(N1CCN(C(NP(=O)(OCC)OCC)C(Cl)(Cl)Cl)CC1)C(Cl)(Cl)Cl)OCC. The third-order valence-electron chi connectivity index (χ3n) is 4.46. The number of halogens is 6. The van der Waals surface area contributed by atoms with E-state index in [1.807, 2.05) is 0 Å². The molecule has 2 unspecified atom stereocenters. The Balaban J connectivity index is 3.04. The molecule has 0 spiro atoms. The summed E-state index contributed by atoms with van der Waals surface area (Å²) in [5.74, 6) is 0. The first-order valence-electron chi connectivity index (χ1n) is 10.6. The maximum Gasteiger partial charge on any atom is 0.406 e. The van der Waals surface area contributed by atoms with E-state index >= 15 is 0 Å². The van der Waals surface area contributed by atoms with Gasteiger partial charge in [-0.2, -0.15) is 0 Å². The molecule has 1 fully saturated rings. The second kappa shape index (κ2) is 14.9. The van der Waals surface area contributed by atoms with Crippen LogP contribution in [0.25, 0.3) is 0 Å². The van der Waals surface area contributed by atoms with Gasteiger partial charge in [0.05, 0.1) is 26.4 Å². The van der Waals surface area contributed by atoms with E-state index in [2.05, 4.69) is 10.2 Å². The van der Waals surface area contributed by atoms with Crippen LogP contribution in [0.2, 0.25) is 0 Å². The lowest BCUT2D eigenvalue weighted by molar-refractivity contribution is 0.0549. The topological polar surface area (TPSA) is 102 Å². The zero-order chi connectivity index (χ0) is 26.2. The molecule has 34 heavy (non-hydrogen) atoms. The highest BCUT2D eigenvalue weighted by Crippen LogP contribution is 2.49. The van der Waals surface area contributed by atoms with Crippen molar-refractivity contribution in [3.63, 3.8) is 0 Å². The average molecular weight is 651 g/mol. The molecule has 1 heterocycles. The van der Waals surface area contributed by atoms with Crippen molar-refractivity contribution < 1.29 is 27.2 Å². The Morgan fingerprint density at radius 3 is 1.06 bits per heavy atom. The quantitative estimate of drug-likeness (QED) is 0.184. The van der Waals surface area contributed by atoms with E-state index in [1.165, 1.54) is 0 Å². The van der Waals surface area contributed by atoms with Crippen molar-refractivity contribution >= 4 is 85.1 Å². The molecule has 204 valence electrons. The third kappa shape index (κ3) is 10.9. The summed E-state index contributed by atoms with van der Waals surface area (Å²) in [5, 5.41) is 5.46. The number of hydrogen-bond acceptors (Lipinski definition) is 8. The zero-order valence-electron chi connectivity index (χ0n) is 19.3. The molecule has 1 aliphatic rings. The van der Waals surface area contributed by atoms with E-state index in [4.69, 9.17) is 87.7 Å². The van der Waals surface area contributed by atoms with Crippen LogP contribution in [0.5, 0.6) is 0 Å². The second-order valence-corrected chi connectivity index (χ2v) is 15.2. The van der Waals surface area contributed by atoms with Crippen molar-refractivity contribution in [2.24, 2.45) is 0 Å². The minimum absolute atomic E-state index is 0.126. The Hall–Kier alpha value is 1.88. The molecule has 10 nitrogen and oxygen atoms in total. The molecule has 0 radical (unpaired) electrons. The molecular weight excluding hydrogens is 619 g/mol. The summed E-state index contributed by atoms with van der Waals surface area (Å²) >= 11 is 37.2. The van der Waals surface area contributed by atoms with E-state index in [9.17, 15) is 9.13 Å². The van der Waals surface area contributed by atoms with Crippen molar-refractivity contribution in [2.75, 3.05) is 52.6 Å². The van der Waals surface area contributed by atoms with Crippen LogP contribution in [-0.2, 0) is 27.2 Å². The Bertz CT molecular complexity index is 630. The van der Waals surface area contributed by atoms with Crippen molar-refractivity contribution in [1.29, 1.82) is 0 Å². The van der Waals surface area contributed by atoms with Gasteiger partial charge in [0.1, 0.15) is 12.3 Å². The number of alkyl halides is 6. The molecule has 0 aromatic carbocycles. The van der Waals surface area contributed by atoms with Crippen molar-refractivity contribution in [3.05, 3.63) is 0 Å². The maximum absolute atomic E-state index is 13.0. The van der Waals surface area contributed by atoms with Gasteiger partial charge in [-0.3, -0.25) is 27.9 Å². The smallest absolute Gasteiger partial charge is 0.297 e. The van der Waals surface area contributed by atoms with E-state index in [1.54, 1.807) is 37.5 Å². The summed E-state index contributed by atoms with van der Waals surface area (Å²) < 4.78 is 43.4. The van der Waals surface area contributed by atoms with Crippen LogP contribution < -0.4 is 10.2 Å². The first kappa shape index (κ1) is 33.9. The maximum atomic E-state index is 13.0. The Morgan fingerprint density at radius 2 is 0.882 bits per heavy atom. The highest BCUT2D eigenvalue weighted by molar-refractivity contribution is 7.52. The highest BCUT2D eigenvalue weighted by atomic mass is 35.6. The van der Waals surface area contributed by atoms with Gasteiger partial charge < -0.3 is 0 Å². The Labute approximate surface area is 231 Å². The lowest BCUT2D eigenvalue weighted by Gasteiger charge is -2.46. The van der Waals surface area contributed by atoms with E-state index in [0.717, 1.165) is 0 Å². The summed E-state index contributed by atoms with van der Waals surface area (Å²) in [5.41, 5.74) is 0. The largest absolute Gasteiger partial charge is 0.406 e. The molecule has 0 bridgehead atoms. The second-order valence-electron chi connectivity index (χ2n) is 6.88. The summed E-state index contributed by atoms with van der Waals surface area (Å²) in [4.78, 5) is 3.52. The normalized spacial score (nSPS) is 19.4. The summed E-state index contributed by atoms with van der Waals surface area (Å²) in [6.07, 6.45) is -2.03. The monoisotopic (exact) mass is 648 g/mol. The minimum Gasteiger partial charge on any atom is -0.297 e. The number of rotatable bonds is 14. The van der Waals surface area contributed by atoms with Gasteiger partial charge in [-0.05, 0) is 27.7 Å². The third-order valence-corrected chi connectivity index (χ3v) is 9.21. The number of piperazine rings is 1. The van der Waals surface area contributed by atoms with Gasteiger partial charge in [0.25, 0.3) is 0 Å². The number of nitrogens with one attached hydrogen (secondary N) is 2. The molecule has 0 aromatic rings. The van der Waals surface area contributed by atoms with E-state index in [0.29, 0.717) is 26.2 Å². The molecule has 0 aliphatic carbocycles. The first-order valence-corrected chi connectivity index (χ1v) is 15.9. The Morgan fingerprint density at radius 1 is 0.647 bits per heavy atom. The van der Waals surface area contributed by atoms with Crippen molar-refractivity contribution in [2.45, 2.75) is 47.6 Å². The highest BCUT2D eigenvalue weighted by Gasteiger charge is 2.47. The molecule has 2 atom stereocenters. The van der Waals surface area contributed by atoms with Crippen molar-refractivity contribution in [3.8, 4) is 0 Å². The molecule has 18 heteroatoms. The summed E-state index contributed by atoms with van der Waals surface area (Å²) in [6, 6.07) is 0. The van der Waals surface area contributed by atoms with Crippen LogP contribution in [0.3, 0.4) is 0 Å². The first-order chi connectivity index (χ1) is 15.6. The fourth-order valence-corrected chi connectivity index (χ4v) is 7.91. The molecule has 0 aromatic heterocycles. The number of nitrogens with zero attached hydrogens (tertiary/aromatic N) is 2. The average Bonchev–Trinajstić information content (AvgIpc) is 2.70. The van der Waals surface area contributed by atoms with Crippen LogP contribution in [-0.4, -0.2) is 82.3 Å². The predicted octanol–water partition coefficient (Wildman–Crippen LogP) is 5.54. The van der Waals surface area contributed by atoms with Crippen LogP contribution in [0, 0.1) is 0 Å². The van der Waals surface area contributed by atoms with E-state index in [-0.39, 0.29) is 26.4 Å². The molecule has 1 aliphatic heterocycles. The fourth-order valence-electron chi connectivity index (χ4n) is 3.18. The van der Waals surface area contributed by atoms with Crippen LogP contribution >= 0.6 is 85.1 Å². The summed E-state index contributed by atoms with van der Waals surface area (Å²) in [7, 11) is -7.49. The van der Waals surface area contributed by atoms with Gasteiger partial charge in [-0.1, -0.05) is 69.6 Å². The lowest BCUT2D eigenvalue weighted by Crippen LogP contribution is -2.63. The molecule has 1 saturated heterocycles. The predicted molar refractivity (Wildman–Crippen MR) is 139 cm³/mol. The fraction of sp³-hybridized carbons (Fsp3) is 1.00. The number of hydrogen-bond donors (Lipinski definition) is 2. The molecule has 2 N–H and O–H groups in total. The van der Waals surface area contributed by atoms with Crippen LogP contribution in [0.1, 0.15) is 27.7 Å². The van der Waals surface area contributed by atoms with E-state index < -0.39 is 35.4 Å².